The summed E-state index contributed by atoms with van der Waals surface area (Å²) >= 11 is 6.26. The molecule has 2 aliphatic heterocycles. The topological polar surface area (TPSA) is 290 Å². The van der Waals surface area contributed by atoms with Crippen molar-refractivity contribution in [3.63, 3.8) is 0 Å². The summed E-state index contributed by atoms with van der Waals surface area (Å²) in [7, 11) is -8.18. The summed E-state index contributed by atoms with van der Waals surface area (Å²) in [4.78, 5) is 47.6. The number of amides is 2. The number of hydrogen-bond acceptors (Lipinski definition) is 11. The number of nitriles is 2. The van der Waals surface area contributed by atoms with Gasteiger partial charge in [-0.25, -0.2) is 16.8 Å². The summed E-state index contributed by atoms with van der Waals surface area (Å²) in [5.41, 5.74) is 2.09. The second-order valence-electron chi connectivity index (χ2n) is 17.3. The Morgan fingerprint density at radius 2 is 1.38 bits per heavy atom. The van der Waals surface area contributed by atoms with Gasteiger partial charge in [-0.15, -0.1) is 10.2 Å². The summed E-state index contributed by atoms with van der Waals surface area (Å²) in [6.45, 7) is 4.08. The van der Waals surface area contributed by atoms with Crippen LogP contribution in [-0.2, 0) is 60.6 Å². The molecule has 2 amide bonds. The van der Waals surface area contributed by atoms with E-state index in [0.29, 0.717) is 78.0 Å². The molecule has 0 radical (unpaired) electrons. The van der Waals surface area contributed by atoms with E-state index in [0.717, 1.165) is 0 Å². The number of rotatable bonds is 16. The van der Waals surface area contributed by atoms with Crippen molar-refractivity contribution in [1.29, 1.82) is 10.5 Å². The van der Waals surface area contributed by atoms with Gasteiger partial charge in [-0.2, -0.15) is 20.0 Å². The molecule has 370 valence electrons. The number of carbonyl (C=O) groups is 3. The molecule has 21 nitrogen and oxygen atoms in total. The summed E-state index contributed by atoms with van der Waals surface area (Å²) in [5.74, 6) is -1.49. The van der Waals surface area contributed by atoms with Crippen molar-refractivity contribution in [2.75, 3.05) is 19.6 Å². The second-order valence-corrected chi connectivity index (χ2v) is 21.1. The number of piperidine rings is 1. The Morgan fingerprint density at radius 1 is 0.789 bits per heavy atom. The maximum atomic E-state index is 13.6. The normalized spacial score (nSPS) is 15.5. The Balaban J connectivity index is 0.000000190. The lowest BCUT2D eigenvalue weighted by Crippen LogP contribution is -2.51. The van der Waals surface area contributed by atoms with Crippen molar-refractivity contribution in [2.24, 2.45) is 11.8 Å². The number of H-pyrrole nitrogens is 2. The van der Waals surface area contributed by atoms with Crippen molar-refractivity contribution in [1.82, 2.24) is 53.1 Å². The van der Waals surface area contributed by atoms with E-state index in [-0.39, 0.29) is 65.0 Å². The first-order valence-electron chi connectivity index (χ1n) is 22.7. The van der Waals surface area contributed by atoms with E-state index in [4.69, 9.17) is 11.6 Å². The highest BCUT2D eigenvalue weighted by Crippen LogP contribution is 2.31. The van der Waals surface area contributed by atoms with Crippen LogP contribution in [0, 0.1) is 34.5 Å². The van der Waals surface area contributed by atoms with Gasteiger partial charge in [-0.3, -0.25) is 14.4 Å². The van der Waals surface area contributed by atoms with Crippen LogP contribution in [0.5, 0.6) is 0 Å². The Labute approximate surface area is 413 Å². The molecular weight excluding hydrogens is 974 g/mol. The molecule has 24 heteroatoms. The molecule has 1 saturated heterocycles. The smallest absolute Gasteiger partial charge is 0.306 e. The Bertz CT molecular complexity index is 3390. The number of carbonyl (C=O) groups excluding carboxylic acids is 2. The minimum absolute atomic E-state index is 0.0175. The minimum atomic E-state index is -4.13. The molecule has 3 unspecified atom stereocenters. The van der Waals surface area contributed by atoms with Crippen molar-refractivity contribution in [3.05, 3.63) is 120 Å². The van der Waals surface area contributed by atoms with Crippen molar-refractivity contribution in [3.8, 4) is 12.1 Å². The van der Waals surface area contributed by atoms with Crippen LogP contribution in [0.4, 0.5) is 0 Å². The Kier molecular flexibility index (Phi) is 15.1. The van der Waals surface area contributed by atoms with Gasteiger partial charge >= 0.3 is 5.97 Å². The number of carboxylic acid groups (broad SMARTS) is 1. The molecule has 0 saturated carbocycles. The molecule has 9 rings (SSSR count). The number of aromatic amines is 2. The molecule has 2 aliphatic rings. The number of fused-ring (bicyclic) bond motifs is 3. The maximum Gasteiger partial charge on any atom is 0.306 e. The van der Waals surface area contributed by atoms with Crippen LogP contribution in [0.1, 0.15) is 49.8 Å². The van der Waals surface area contributed by atoms with E-state index in [1.54, 1.807) is 105 Å². The summed E-state index contributed by atoms with van der Waals surface area (Å²) in [6, 6.07) is 20.2. The molecule has 5 N–H and O–H groups in total. The zero-order valence-corrected chi connectivity index (χ0v) is 40.7. The third-order valence-electron chi connectivity index (χ3n) is 13.0. The van der Waals surface area contributed by atoms with E-state index in [9.17, 15) is 46.8 Å². The van der Waals surface area contributed by atoms with Crippen molar-refractivity contribution in [2.45, 2.75) is 80.7 Å². The maximum absolute atomic E-state index is 13.6. The molecule has 1 fully saturated rings. The first-order valence-corrected chi connectivity index (χ1v) is 26.1. The number of hydrogen-bond donors (Lipinski definition) is 5. The number of likely N-dealkylation sites (tertiary alicyclic amines) is 1. The van der Waals surface area contributed by atoms with Crippen LogP contribution in [0.2, 0.25) is 5.02 Å². The predicted octanol–water partition coefficient (Wildman–Crippen LogP) is 4.40. The molecule has 0 bridgehead atoms. The summed E-state index contributed by atoms with van der Waals surface area (Å²) in [6.07, 6.45) is 9.59. The van der Waals surface area contributed by atoms with Crippen molar-refractivity contribution < 1.29 is 36.3 Å². The highest BCUT2D eigenvalue weighted by atomic mass is 35.5. The third kappa shape index (κ3) is 11.0. The van der Waals surface area contributed by atoms with E-state index in [2.05, 4.69) is 41.7 Å². The lowest BCUT2D eigenvalue weighted by molar-refractivity contribution is -0.144. The van der Waals surface area contributed by atoms with Crippen LogP contribution in [-0.4, -0.2) is 115 Å². The number of aromatic nitrogens is 7. The van der Waals surface area contributed by atoms with Gasteiger partial charge in [0.2, 0.25) is 31.9 Å². The van der Waals surface area contributed by atoms with Gasteiger partial charge < -0.3 is 38.6 Å². The van der Waals surface area contributed by atoms with Gasteiger partial charge in [-0.05, 0) is 86.2 Å². The lowest BCUT2D eigenvalue weighted by atomic mass is 9.85. The van der Waals surface area contributed by atoms with Crippen LogP contribution >= 0.6 is 11.6 Å². The highest BCUT2D eigenvalue weighted by Gasteiger charge is 2.36. The van der Waals surface area contributed by atoms with Gasteiger partial charge in [0.05, 0.1) is 27.3 Å². The molecule has 0 aliphatic carbocycles. The molecule has 2 aromatic carbocycles. The number of halogens is 1. The molecule has 5 aromatic heterocycles. The first-order chi connectivity index (χ1) is 34.1. The van der Waals surface area contributed by atoms with Gasteiger partial charge in [0, 0.05) is 85.9 Å². The first kappa shape index (κ1) is 50.1. The Hall–Kier alpha value is -7.28. The fourth-order valence-electron chi connectivity index (χ4n) is 9.07. The predicted molar refractivity (Wildman–Crippen MR) is 259 cm³/mol. The van der Waals surface area contributed by atoms with Crippen LogP contribution in [0.25, 0.3) is 21.8 Å². The summed E-state index contributed by atoms with van der Waals surface area (Å²) < 4.78 is 64.3. The largest absolute Gasteiger partial charge is 0.481 e. The number of nitrogens with one attached hydrogen (secondary N) is 4. The van der Waals surface area contributed by atoms with Crippen LogP contribution in [0.3, 0.4) is 0 Å². The number of sulfonamides is 2. The zero-order valence-electron chi connectivity index (χ0n) is 38.3. The van der Waals surface area contributed by atoms with E-state index >= 15 is 0 Å². The number of nitrogens with zero attached hydrogens (tertiary/aromatic N) is 9. The van der Waals surface area contributed by atoms with Gasteiger partial charge in [0.1, 0.15) is 41.9 Å². The Morgan fingerprint density at radius 3 is 2.00 bits per heavy atom. The number of aryl methyl sites for hydroxylation is 2. The van der Waals surface area contributed by atoms with Gasteiger partial charge in [-0.1, -0.05) is 30.7 Å². The minimum Gasteiger partial charge on any atom is -0.481 e. The van der Waals surface area contributed by atoms with Crippen LogP contribution in [0.15, 0.2) is 108 Å². The second kappa shape index (κ2) is 21.4. The van der Waals surface area contributed by atoms with E-state index in [1.165, 1.54) is 18.3 Å². The quantitative estimate of drug-likeness (QED) is 0.0900. The molecule has 7 heterocycles. The van der Waals surface area contributed by atoms with Crippen molar-refractivity contribution >= 4 is 71.2 Å². The standard InChI is InChI=1S/C25H29N5O5S.C22H21ClN8O3S/c1-17(25(32)33)18-8-13-30(14-9-18)24(31)22(10-15-29-12-3-4-19(29)16-26)28-36(34,35)23-6-2-5-21-20(23)7-11-27-21;23-16-12-25-17-4-1-5-19(21(16)17)35(33,34)28-18(6-8-29-7-2-3-15(29)11-24)22(32)30-9-10-31-14-26-27-20(31)13-30/h2-7,11-12,17-18,22,27-28H,8-10,13-15H2,1H3,(H,32,33);1-5,7,12,14,18,25,28H,6,8-10,13H2. The fraction of sp³-hybridized carbons (Fsp3) is 0.340. The molecule has 3 atom stereocenters. The number of carboxylic acids is 1. The molecule has 71 heavy (non-hydrogen) atoms. The lowest BCUT2D eigenvalue weighted by Gasteiger charge is -2.35. The van der Waals surface area contributed by atoms with E-state index < -0.39 is 44.0 Å². The van der Waals surface area contributed by atoms with Gasteiger partial charge in [0.25, 0.3) is 0 Å². The number of benzene rings is 2. The number of aliphatic carboxylic acids is 1. The SMILES string of the molecule is CC(C(=O)O)C1CCN(C(=O)C(CCn2cccc2C#N)NS(=O)(=O)c2cccc3[nH]ccc23)CC1.N#Cc1cccn1CCC(NS(=O)(=O)c1cccc2[nH]cc(Cl)c12)C(=O)N1CCn2cnnc2C1. The van der Waals surface area contributed by atoms with Crippen LogP contribution < -0.4 is 9.44 Å². The molecular formula is C47H50ClN13O8S2. The molecule has 7 aromatic rings. The average Bonchev–Trinajstić information content (AvgIpc) is 4.25. The third-order valence-corrected chi connectivity index (χ3v) is 16.4. The zero-order chi connectivity index (χ0) is 50.5. The average molecular weight is 1020 g/mol. The summed E-state index contributed by atoms with van der Waals surface area (Å²) in [5, 5.41) is 37.0. The van der Waals surface area contributed by atoms with E-state index in [1.807, 2.05) is 4.57 Å². The fourth-order valence-corrected chi connectivity index (χ4v) is 12.3. The molecule has 0 spiro atoms. The van der Waals surface area contributed by atoms with Gasteiger partial charge in [0.15, 0.2) is 5.82 Å². The monoisotopic (exact) mass is 1020 g/mol. The highest BCUT2D eigenvalue weighted by molar-refractivity contribution is 7.90.